The van der Waals surface area contributed by atoms with E-state index in [1.54, 1.807) is 6.07 Å². The molecule has 0 saturated heterocycles. The van der Waals surface area contributed by atoms with E-state index in [0.29, 0.717) is 17.9 Å². The first-order valence-electron chi connectivity index (χ1n) is 5.08. The first kappa shape index (κ1) is 13.3. The number of hydrogen-bond acceptors (Lipinski definition) is 2. The Hall–Kier alpha value is -1.74. The second kappa shape index (κ2) is 6.11. The Bertz CT molecular complexity index is 474. The Labute approximate surface area is 106 Å². The molecule has 2 aromatic rings. The molecule has 2 nitrogen and oxygen atoms in total. The van der Waals surface area contributed by atoms with Crippen LogP contribution in [-0.2, 0) is 6.54 Å². The number of benzene rings is 2. The summed E-state index contributed by atoms with van der Waals surface area (Å²) in [5.41, 5.74) is 8.04. The quantitative estimate of drug-likeness (QED) is 0.822. The van der Waals surface area contributed by atoms with Crippen molar-refractivity contribution in [2.75, 3.05) is 11.1 Å². The highest BCUT2D eigenvalue weighted by atomic mass is 35.5. The molecule has 0 spiro atoms. The summed E-state index contributed by atoms with van der Waals surface area (Å²) >= 11 is 0. The van der Waals surface area contributed by atoms with Gasteiger partial charge in [-0.1, -0.05) is 30.3 Å². The van der Waals surface area contributed by atoms with Crippen molar-refractivity contribution >= 4 is 23.8 Å². The monoisotopic (exact) mass is 252 g/mol. The van der Waals surface area contributed by atoms with Crippen LogP contribution in [0, 0.1) is 5.82 Å². The average molecular weight is 253 g/mol. The summed E-state index contributed by atoms with van der Waals surface area (Å²) in [5, 5.41) is 3.11. The summed E-state index contributed by atoms with van der Waals surface area (Å²) in [6.07, 6.45) is 0. The SMILES string of the molecule is Cl.Nc1ccc(F)cc1NCc1ccccc1. The van der Waals surface area contributed by atoms with Crippen molar-refractivity contribution in [1.82, 2.24) is 0 Å². The van der Waals surface area contributed by atoms with E-state index in [-0.39, 0.29) is 18.2 Å². The van der Waals surface area contributed by atoms with Gasteiger partial charge in [0.15, 0.2) is 0 Å². The van der Waals surface area contributed by atoms with Gasteiger partial charge in [-0.05, 0) is 23.8 Å². The molecule has 0 amide bonds. The maximum absolute atomic E-state index is 13.0. The van der Waals surface area contributed by atoms with Crippen LogP contribution in [-0.4, -0.2) is 0 Å². The topological polar surface area (TPSA) is 38.0 Å². The number of anilines is 2. The fourth-order valence-electron chi connectivity index (χ4n) is 1.47. The third kappa shape index (κ3) is 3.64. The van der Waals surface area contributed by atoms with Crippen molar-refractivity contribution in [2.45, 2.75) is 6.54 Å². The largest absolute Gasteiger partial charge is 0.397 e. The van der Waals surface area contributed by atoms with Gasteiger partial charge < -0.3 is 11.1 Å². The number of rotatable bonds is 3. The van der Waals surface area contributed by atoms with Gasteiger partial charge in [0, 0.05) is 6.54 Å². The average Bonchev–Trinajstić information content (AvgIpc) is 2.32. The van der Waals surface area contributed by atoms with Crippen LogP contribution in [0.15, 0.2) is 48.5 Å². The third-order valence-corrected chi connectivity index (χ3v) is 2.34. The van der Waals surface area contributed by atoms with Gasteiger partial charge in [-0.15, -0.1) is 12.4 Å². The highest BCUT2D eigenvalue weighted by Gasteiger charge is 2.00. The zero-order valence-corrected chi connectivity index (χ0v) is 10.0. The van der Waals surface area contributed by atoms with Crippen LogP contribution in [0.1, 0.15) is 5.56 Å². The van der Waals surface area contributed by atoms with E-state index in [0.717, 1.165) is 5.56 Å². The van der Waals surface area contributed by atoms with Crippen LogP contribution >= 0.6 is 12.4 Å². The minimum absolute atomic E-state index is 0. The maximum atomic E-state index is 13.0. The molecule has 0 aliphatic carbocycles. The molecule has 3 N–H and O–H groups in total. The van der Waals surface area contributed by atoms with Crippen molar-refractivity contribution in [3.63, 3.8) is 0 Å². The van der Waals surface area contributed by atoms with Gasteiger partial charge in [0.25, 0.3) is 0 Å². The Morgan fingerprint density at radius 1 is 1.06 bits per heavy atom. The van der Waals surface area contributed by atoms with Crippen molar-refractivity contribution in [2.24, 2.45) is 0 Å². The summed E-state index contributed by atoms with van der Waals surface area (Å²) in [6.45, 7) is 0.633. The summed E-state index contributed by atoms with van der Waals surface area (Å²) in [7, 11) is 0. The highest BCUT2D eigenvalue weighted by molar-refractivity contribution is 5.85. The van der Waals surface area contributed by atoms with Crippen LogP contribution in [0.5, 0.6) is 0 Å². The van der Waals surface area contributed by atoms with E-state index >= 15 is 0 Å². The second-order valence-electron chi connectivity index (χ2n) is 3.57. The molecular formula is C13H14ClFN2. The fourth-order valence-corrected chi connectivity index (χ4v) is 1.47. The van der Waals surface area contributed by atoms with Crippen molar-refractivity contribution < 1.29 is 4.39 Å². The zero-order chi connectivity index (χ0) is 11.4. The Balaban J connectivity index is 0.00000144. The molecule has 0 aliphatic heterocycles. The van der Waals surface area contributed by atoms with Gasteiger partial charge in [-0.3, -0.25) is 0 Å². The maximum Gasteiger partial charge on any atom is 0.125 e. The molecule has 0 radical (unpaired) electrons. The van der Waals surface area contributed by atoms with Gasteiger partial charge in [0.2, 0.25) is 0 Å². The lowest BCUT2D eigenvalue weighted by atomic mass is 10.2. The van der Waals surface area contributed by atoms with Gasteiger partial charge in [0.05, 0.1) is 11.4 Å². The molecule has 2 aromatic carbocycles. The highest BCUT2D eigenvalue weighted by Crippen LogP contribution is 2.19. The second-order valence-corrected chi connectivity index (χ2v) is 3.57. The fraction of sp³-hybridized carbons (Fsp3) is 0.0769. The van der Waals surface area contributed by atoms with Crippen molar-refractivity contribution in [3.8, 4) is 0 Å². The molecule has 0 atom stereocenters. The van der Waals surface area contributed by atoms with Gasteiger partial charge >= 0.3 is 0 Å². The molecule has 17 heavy (non-hydrogen) atoms. The molecule has 4 heteroatoms. The summed E-state index contributed by atoms with van der Waals surface area (Å²) < 4.78 is 13.0. The summed E-state index contributed by atoms with van der Waals surface area (Å²) in [5.74, 6) is -0.287. The predicted octanol–water partition coefficient (Wildman–Crippen LogP) is 3.44. The van der Waals surface area contributed by atoms with Crippen LogP contribution in [0.3, 0.4) is 0 Å². The van der Waals surface area contributed by atoms with E-state index in [9.17, 15) is 4.39 Å². The first-order chi connectivity index (χ1) is 7.75. The molecule has 0 saturated carbocycles. The van der Waals surface area contributed by atoms with E-state index in [4.69, 9.17) is 5.73 Å². The standard InChI is InChI=1S/C13H13FN2.ClH/c14-11-6-7-12(15)13(8-11)16-9-10-4-2-1-3-5-10;/h1-8,16H,9,15H2;1H. The van der Waals surface area contributed by atoms with Gasteiger partial charge in [-0.25, -0.2) is 4.39 Å². The predicted molar refractivity (Wildman–Crippen MR) is 71.8 cm³/mol. The molecule has 0 unspecified atom stereocenters. The third-order valence-electron chi connectivity index (χ3n) is 2.34. The molecule has 0 heterocycles. The molecule has 2 rings (SSSR count). The van der Waals surface area contributed by atoms with E-state index in [2.05, 4.69) is 5.32 Å². The Morgan fingerprint density at radius 3 is 2.47 bits per heavy atom. The molecule has 0 aromatic heterocycles. The van der Waals surface area contributed by atoms with E-state index in [1.807, 2.05) is 30.3 Å². The lowest BCUT2D eigenvalue weighted by Gasteiger charge is -2.09. The van der Waals surface area contributed by atoms with E-state index in [1.165, 1.54) is 12.1 Å². The summed E-state index contributed by atoms with van der Waals surface area (Å²) in [6, 6.07) is 14.2. The van der Waals surface area contributed by atoms with Gasteiger partial charge in [-0.2, -0.15) is 0 Å². The Kier molecular flexibility index (Phi) is 4.79. The normalized spacial score (nSPS) is 9.47. The molecular weight excluding hydrogens is 239 g/mol. The van der Waals surface area contributed by atoms with Crippen LogP contribution in [0.4, 0.5) is 15.8 Å². The number of nitrogens with two attached hydrogens (primary N) is 1. The van der Waals surface area contributed by atoms with Crippen LogP contribution in [0.25, 0.3) is 0 Å². The van der Waals surface area contributed by atoms with E-state index < -0.39 is 0 Å². The number of halogens is 2. The van der Waals surface area contributed by atoms with Crippen LogP contribution in [0.2, 0.25) is 0 Å². The minimum Gasteiger partial charge on any atom is -0.397 e. The minimum atomic E-state index is -0.287. The molecule has 90 valence electrons. The lowest BCUT2D eigenvalue weighted by molar-refractivity contribution is 0.628. The number of hydrogen-bond donors (Lipinski definition) is 2. The van der Waals surface area contributed by atoms with Crippen LogP contribution < -0.4 is 11.1 Å². The van der Waals surface area contributed by atoms with Crippen molar-refractivity contribution in [3.05, 3.63) is 59.9 Å². The number of nitrogens with one attached hydrogen (secondary N) is 1. The smallest absolute Gasteiger partial charge is 0.125 e. The molecule has 0 fully saturated rings. The molecule has 0 aliphatic rings. The lowest BCUT2D eigenvalue weighted by Crippen LogP contribution is -2.02. The summed E-state index contributed by atoms with van der Waals surface area (Å²) in [4.78, 5) is 0. The Morgan fingerprint density at radius 2 is 1.76 bits per heavy atom. The van der Waals surface area contributed by atoms with Crippen molar-refractivity contribution in [1.29, 1.82) is 0 Å². The first-order valence-corrected chi connectivity index (χ1v) is 5.08. The number of nitrogen functional groups attached to an aromatic ring is 1. The molecule has 0 bridgehead atoms. The zero-order valence-electron chi connectivity index (χ0n) is 9.19. The van der Waals surface area contributed by atoms with Gasteiger partial charge in [0.1, 0.15) is 5.82 Å².